The highest BCUT2D eigenvalue weighted by molar-refractivity contribution is 5.91. The second-order valence-electron chi connectivity index (χ2n) is 12.5. The van der Waals surface area contributed by atoms with Crippen molar-refractivity contribution in [1.29, 1.82) is 0 Å². The molecule has 0 bridgehead atoms. The zero-order chi connectivity index (χ0) is 35.0. The number of unbranched alkanes of at least 4 members (excludes halogenated alkanes) is 5. The number of halogens is 5. The number of alkyl halides is 5. The summed E-state index contributed by atoms with van der Waals surface area (Å²) in [6.45, 7) is 1.18. The minimum Gasteiger partial charge on any atom is -0.493 e. The zero-order valence-electron chi connectivity index (χ0n) is 27.3. The Bertz CT molecular complexity index is 1290. The van der Waals surface area contributed by atoms with Crippen LogP contribution in [0.25, 0.3) is 6.08 Å². The molecule has 0 aliphatic heterocycles. The van der Waals surface area contributed by atoms with Gasteiger partial charge in [-0.15, -0.1) is 0 Å². The van der Waals surface area contributed by atoms with Crippen LogP contribution in [0, 0.1) is 11.8 Å². The fourth-order valence-corrected chi connectivity index (χ4v) is 5.67. The molecule has 0 unspecified atom stereocenters. The summed E-state index contributed by atoms with van der Waals surface area (Å²) < 4.78 is 79.6. The maximum Gasteiger partial charge on any atom is 0.453 e. The van der Waals surface area contributed by atoms with E-state index in [0.29, 0.717) is 54.8 Å². The predicted octanol–water partition coefficient (Wildman–Crippen LogP) is 9.16. The summed E-state index contributed by atoms with van der Waals surface area (Å²) in [5.74, 6) is -4.29. The van der Waals surface area contributed by atoms with Crippen LogP contribution in [0.3, 0.4) is 0 Å². The van der Waals surface area contributed by atoms with Gasteiger partial charge in [-0.2, -0.15) is 22.0 Å². The summed E-state index contributed by atoms with van der Waals surface area (Å²) in [5, 5.41) is 0. The third kappa shape index (κ3) is 14.1. The number of benzene rings is 2. The van der Waals surface area contributed by atoms with Gasteiger partial charge in [-0.3, -0.25) is 0 Å². The Kier molecular flexibility index (Phi) is 15.5. The maximum atomic E-state index is 13.1. The van der Waals surface area contributed by atoms with Crippen molar-refractivity contribution in [3.63, 3.8) is 0 Å². The first-order valence-electron chi connectivity index (χ1n) is 16.7. The lowest BCUT2D eigenvalue weighted by Gasteiger charge is -2.29. The van der Waals surface area contributed by atoms with E-state index in [0.717, 1.165) is 69.8 Å². The number of anilines is 2. The molecular formula is C36H47F5N2O5. The number of ether oxygens (including phenoxy) is 3. The Morgan fingerprint density at radius 3 is 1.92 bits per heavy atom. The van der Waals surface area contributed by atoms with Gasteiger partial charge in [0.25, 0.3) is 0 Å². The van der Waals surface area contributed by atoms with Crippen LogP contribution in [-0.4, -0.2) is 43.9 Å². The van der Waals surface area contributed by atoms with Crippen LogP contribution in [-0.2, 0) is 14.3 Å². The van der Waals surface area contributed by atoms with Gasteiger partial charge in [0.15, 0.2) is 0 Å². The lowest BCUT2D eigenvalue weighted by atomic mass is 9.80. The number of esters is 2. The van der Waals surface area contributed by atoms with Gasteiger partial charge >= 0.3 is 24.0 Å². The Morgan fingerprint density at radius 1 is 0.750 bits per heavy atom. The van der Waals surface area contributed by atoms with Crippen LogP contribution in [0.2, 0.25) is 0 Å². The van der Waals surface area contributed by atoms with Gasteiger partial charge in [0.05, 0.1) is 25.4 Å². The summed E-state index contributed by atoms with van der Waals surface area (Å²) in [4.78, 5) is 24.1. The summed E-state index contributed by atoms with van der Waals surface area (Å²) in [7, 11) is 0. The smallest absolute Gasteiger partial charge is 0.453 e. The first-order valence-corrected chi connectivity index (χ1v) is 16.7. The molecule has 2 aromatic rings. The summed E-state index contributed by atoms with van der Waals surface area (Å²) in [5.41, 5.74) is 13.4. The molecule has 1 saturated carbocycles. The van der Waals surface area contributed by atoms with E-state index in [9.17, 15) is 31.5 Å². The normalized spacial score (nSPS) is 16.9. The fraction of sp³-hybridized carbons (Fsp3) is 0.556. The molecule has 1 aliphatic rings. The molecule has 266 valence electrons. The van der Waals surface area contributed by atoms with Crippen molar-refractivity contribution in [2.75, 3.05) is 31.3 Å². The Morgan fingerprint density at radius 2 is 1.31 bits per heavy atom. The summed E-state index contributed by atoms with van der Waals surface area (Å²) in [6, 6.07) is 12.0. The summed E-state index contributed by atoms with van der Waals surface area (Å²) in [6.07, 6.45) is 5.33. The van der Waals surface area contributed by atoms with Crippen molar-refractivity contribution in [2.45, 2.75) is 95.6 Å². The molecule has 1 fully saturated rings. The van der Waals surface area contributed by atoms with Gasteiger partial charge in [0.1, 0.15) is 5.75 Å². The van der Waals surface area contributed by atoms with Crippen molar-refractivity contribution < 1.29 is 45.8 Å². The Hall–Kier alpha value is -3.83. The molecule has 0 aromatic heterocycles. The zero-order valence-corrected chi connectivity index (χ0v) is 27.3. The minimum absolute atomic E-state index is 0.133. The summed E-state index contributed by atoms with van der Waals surface area (Å²) >= 11 is 0. The van der Waals surface area contributed by atoms with E-state index in [4.69, 9.17) is 25.7 Å². The highest BCUT2D eigenvalue weighted by atomic mass is 19.4. The van der Waals surface area contributed by atoms with E-state index in [1.165, 1.54) is 18.2 Å². The third-order valence-corrected chi connectivity index (χ3v) is 8.49. The van der Waals surface area contributed by atoms with E-state index < -0.39 is 30.5 Å². The van der Waals surface area contributed by atoms with Gasteiger partial charge < -0.3 is 25.7 Å². The fourth-order valence-electron chi connectivity index (χ4n) is 5.67. The molecule has 4 N–H and O–H groups in total. The number of carbonyl (C=O) groups excluding carboxylic acids is 2. The van der Waals surface area contributed by atoms with E-state index in [1.54, 1.807) is 12.1 Å². The number of nitrogens with two attached hydrogens (primary N) is 2. The standard InChI is InChI=1S/C36H47F5N2O5/c37-35(38,36(39,40)41)19-7-8-26-9-11-28(12-10-26)25-48-32-16-13-27(14-17-32)15-18-33(44)46-20-5-3-1-2-4-6-21-47-34(45)29-22-30(42)24-31(43)23-29/h13-18,22-24,26,28H,1-12,19-21,25,42-43H2/b18-15+. The lowest BCUT2D eigenvalue weighted by molar-refractivity contribution is -0.284. The van der Waals surface area contributed by atoms with Crippen LogP contribution in [0.1, 0.15) is 99.4 Å². The van der Waals surface area contributed by atoms with Crippen molar-refractivity contribution in [3.05, 3.63) is 59.7 Å². The monoisotopic (exact) mass is 682 g/mol. The van der Waals surface area contributed by atoms with E-state index in [2.05, 4.69) is 0 Å². The maximum absolute atomic E-state index is 13.1. The van der Waals surface area contributed by atoms with Crippen molar-refractivity contribution in [1.82, 2.24) is 0 Å². The third-order valence-electron chi connectivity index (χ3n) is 8.49. The molecule has 0 radical (unpaired) electrons. The van der Waals surface area contributed by atoms with Gasteiger partial charge in [0, 0.05) is 23.9 Å². The molecular weight excluding hydrogens is 635 g/mol. The number of nitrogen functional groups attached to an aromatic ring is 2. The second-order valence-corrected chi connectivity index (χ2v) is 12.5. The van der Waals surface area contributed by atoms with Crippen LogP contribution in [0.15, 0.2) is 48.5 Å². The molecule has 0 saturated heterocycles. The van der Waals surface area contributed by atoms with Crippen LogP contribution >= 0.6 is 0 Å². The highest BCUT2D eigenvalue weighted by Crippen LogP contribution is 2.40. The lowest BCUT2D eigenvalue weighted by Crippen LogP contribution is -2.36. The van der Waals surface area contributed by atoms with E-state index >= 15 is 0 Å². The van der Waals surface area contributed by atoms with Crippen molar-refractivity contribution >= 4 is 29.4 Å². The van der Waals surface area contributed by atoms with Crippen molar-refractivity contribution in [3.8, 4) is 5.75 Å². The first kappa shape index (κ1) is 38.6. The molecule has 1 aliphatic carbocycles. The van der Waals surface area contributed by atoms with Crippen LogP contribution < -0.4 is 16.2 Å². The molecule has 48 heavy (non-hydrogen) atoms. The van der Waals surface area contributed by atoms with Gasteiger partial charge in [-0.25, -0.2) is 9.59 Å². The van der Waals surface area contributed by atoms with Crippen LogP contribution in [0.5, 0.6) is 5.75 Å². The van der Waals surface area contributed by atoms with Crippen molar-refractivity contribution in [2.24, 2.45) is 11.8 Å². The van der Waals surface area contributed by atoms with Gasteiger partial charge in [-0.05, 0) is 85.9 Å². The molecule has 3 rings (SSSR count). The second kappa shape index (κ2) is 19.2. The van der Waals surface area contributed by atoms with E-state index in [1.807, 2.05) is 24.3 Å². The topological polar surface area (TPSA) is 114 Å². The molecule has 0 amide bonds. The Balaban J connectivity index is 1.18. The molecule has 7 nitrogen and oxygen atoms in total. The first-order chi connectivity index (χ1) is 22.8. The number of carbonyl (C=O) groups is 2. The largest absolute Gasteiger partial charge is 0.493 e. The quantitative estimate of drug-likeness (QED) is 0.0499. The average molecular weight is 683 g/mol. The van der Waals surface area contributed by atoms with Gasteiger partial charge in [0.2, 0.25) is 0 Å². The van der Waals surface area contributed by atoms with Gasteiger partial charge in [-0.1, -0.05) is 57.1 Å². The van der Waals surface area contributed by atoms with Crippen LogP contribution in [0.4, 0.5) is 33.3 Å². The molecule has 0 spiro atoms. The highest BCUT2D eigenvalue weighted by Gasteiger charge is 2.56. The van der Waals surface area contributed by atoms with E-state index in [-0.39, 0.29) is 12.3 Å². The number of hydrogen-bond donors (Lipinski definition) is 2. The molecule has 0 atom stereocenters. The SMILES string of the molecule is Nc1cc(N)cc(C(=O)OCCCCCCCCOC(=O)/C=C/c2ccc(OCC3CCC(CCCC(F)(F)C(F)(F)F)CC3)cc2)c1. The molecule has 0 heterocycles. The number of hydrogen-bond acceptors (Lipinski definition) is 7. The molecule has 2 aromatic carbocycles. The number of rotatable bonds is 19. The Labute approximate surface area is 279 Å². The minimum atomic E-state index is -5.48. The predicted molar refractivity (Wildman–Crippen MR) is 175 cm³/mol. The molecule has 12 heteroatoms. The average Bonchev–Trinajstić information content (AvgIpc) is 3.03.